The van der Waals surface area contributed by atoms with Gasteiger partial charge in [0.05, 0.1) is 15.2 Å². The molecule has 0 aromatic heterocycles. The minimum atomic E-state index is -0.597. The van der Waals surface area contributed by atoms with Crippen LogP contribution in [0.5, 0.6) is 0 Å². The second kappa shape index (κ2) is 4.26. The van der Waals surface area contributed by atoms with Gasteiger partial charge in [-0.3, -0.25) is 0 Å². The summed E-state index contributed by atoms with van der Waals surface area (Å²) in [6.07, 6.45) is 2.02. The van der Waals surface area contributed by atoms with Crippen molar-refractivity contribution in [3.8, 4) is 0 Å². The lowest BCUT2D eigenvalue weighted by atomic mass is 10.2. The van der Waals surface area contributed by atoms with E-state index in [1.807, 2.05) is 4.90 Å². The van der Waals surface area contributed by atoms with Crippen molar-refractivity contribution in [1.82, 2.24) is 0 Å². The lowest BCUT2D eigenvalue weighted by Gasteiger charge is -2.20. The summed E-state index contributed by atoms with van der Waals surface area (Å²) in [6, 6.07) is 1.02. The number of nitrogens with zero attached hydrogens (tertiary/aromatic N) is 1. The molecule has 0 N–H and O–H groups in total. The van der Waals surface area contributed by atoms with Gasteiger partial charge in [-0.1, -0.05) is 11.6 Å². The molecule has 1 aromatic rings. The Labute approximate surface area is 100 Å². The fraction of sp³-hybridized carbons (Fsp3) is 0.400. The summed E-state index contributed by atoms with van der Waals surface area (Å²) in [6.45, 7) is 1.52. The van der Waals surface area contributed by atoms with E-state index in [0.717, 1.165) is 32.0 Å². The molecule has 1 fully saturated rings. The molecule has 15 heavy (non-hydrogen) atoms. The Hall–Kier alpha value is -0.350. The van der Waals surface area contributed by atoms with E-state index >= 15 is 0 Å². The van der Waals surface area contributed by atoms with Gasteiger partial charge in [-0.25, -0.2) is 8.78 Å². The molecule has 1 aromatic carbocycles. The Kier molecular flexibility index (Phi) is 3.16. The zero-order valence-electron chi connectivity index (χ0n) is 7.86. The van der Waals surface area contributed by atoms with Crippen molar-refractivity contribution in [3.05, 3.63) is 27.2 Å². The Morgan fingerprint density at radius 1 is 1.27 bits per heavy atom. The minimum absolute atomic E-state index is 0.120. The largest absolute Gasteiger partial charge is 0.368 e. The van der Waals surface area contributed by atoms with E-state index in [2.05, 4.69) is 15.9 Å². The van der Waals surface area contributed by atoms with Gasteiger partial charge in [0.1, 0.15) is 5.82 Å². The fourth-order valence-corrected chi connectivity index (χ4v) is 2.75. The molecule has 0 atom stereocenters. The van der Waals surface area contributed by atoms with E-state index in [9.17, 15) is 8.78 Å². The quantitative estimate of drug-likeness (QED) is 0.560. The van der Waals surface area contributed by atoms with Crippen LogP contribution in [0.25, 0.3) is 0 Å². The molecule has 0 bridgehead atoms. The average Bonchev–Trinajstić information content (AvgIpc) is 2.68. The standard InChI is InChI=1S/C10H9BrClF2N/c11-8-9(14)6(12)5-7(13)10(8)15-3-1-2-4-15/h5H,1-4H2. The molecular formula is C10H9BrClF2N. The molecular weight excluding hydrogens is 287 g/mol. The van der Waals surface area contributed by atoms with Crippen LogP contribution in [0.2, 0.25) is 5.02 Å². The Morgan fingerprint density at radius 3 is 2.47 bits per heavy atom. The van der Waals surface area contributed by atoms with Gasteiger partial charge < -0.3 is 4.90 Å². The molecule has 1 nitrogen and oxygen atoms in total. The summed E-state index contributed by atoms with van der Waals surface area (Å²) < 4.78 is 27.2. The maximum absolute atomic E-state index is 13.6. The SMILES string of the molecule is Fc1cc(Cl)c(F)c(Br)c1N1CCCC1. The fourth-order valence-electron chi connectivity index (χ4n) is 1.79. The molecule has 0 aliphatic carbocycles. The lowest BCUT2D eigenvalue weighted by molar-refractivity contribution is 0.591. The second-order valence-corrected chi connectivity index (χ2v) is 4.71. The van der Waals surface area contributed by atoms with Crippen LogP contribution in [0, 0.1) is 11.6 Å². The number of anilines is 1. The van der Waals surface area contributed by atoms with Gasteiger partial charge in [0, 0.05) is 13.1 Å². The average molecular weight is 297 g/mol. The van der Waals surface area contributed by atoms with Crippen LogP contribution < -0.4 is 4.90 Å². The van der Waals surface area contributed by atoms with Crippen LogP contribution in [-0.2, 0) is 0 Å². The molecule has 0 spiro atoms. The van der Waals surface area contributed by atoms with Crippen LogP contribution in [0.1, 0.15) is 12.8 Å². The summed E-state index contributed by atoms with van der Waals surface area (Å²) in [5, 5.41) is -0.192. The normalized spacial score (nSPS) is 16.1. The lowest BCUT2D eigenvalue weighted by Crippen LogP contribution is -2.20. The predicted molar refractivity (Wildman–Crippen MR) is 60.5 cm³/mol. The van der Waals surface area contributed by atoms with Gasteiger partial charge in [-0.15, -0.1) is 0 Å². The molecule has 1 aliphatic rings. The first kappa shape index (κ1) is 11.1. The minimum Gasteiger partial charge on any atom is -0.368 e. The van der Waals surface area contributed by atoms with Crippen molar-refractivity contribution in [3.63, 3.8) is 0 Å². The van der Waals surface area contributed by atoms with E-state index in [0.29, 0.717) is 0 Å². The topological polar surface area (TPSA) is 3.24 Å². The molecule has 5 heteroatoms. The first-order valence-electron chi connectivity index (χ1n) is 4.69. The van der Waals surface area contributed by atoms with Gasteiger partial charge in [-0.2, -0.15) is 0 Å². The highest BCUT2D eigenvalue weighted by Gasteiger charge is 2.22. The third-order valence-corrected chi connectivity index (χ3v) is 3.51. The zero-order chi connectivity index (χ0) is 11.0. The van der Waals surface area contributed by atoms with Crippen LogP contribution in [-0.4, -0.2) is 13.1 Å². The summed E-state index contributed by atoms with van der Waals surface area (Å²) >= 11 is 8.59. The highest BCUT2D eigenvalue weighted by Crippen LogP contribution is 2.37. The van der Waals surface area contributed by atoms with Crippen LogP contribution >= 0.6 is 27.5 Å². The maximum Gasteiger partial charge on any atom is 0.158 e. The van der Waals surface area contributed by atoms with Gasteiger partial charge in [-0.05, 0) is 34.8 Å². The second-order valence-electron chi connectivity index (χ2n) is 3.51. The summed E-state index contributed by atoms with van der Waals surface area (Å²) in [4.78, 5) is 1.83. The van der Waals surface area contributed by atoms with Crippen molar-refractivity contribution in [2.45, 2.75) is 12.8 Å². The van der Waals surface area contributed by atoms with Gasteiger partial charge in [0.15, 0.2) is 5.82 Å². The molecule has 1 aliphatic heterocycles. The molecule has 82 valence electrons. The van der Waals surface area contributed by atoms with Crippen molar-refractivity contribution in [1.29, 1.82) is 0 Å². The van der Waals surface area contributed by atoms with Crippen LogP contribution in [0.4, 0.5) is 14.5 Å². The van der Waals surface area contributed by atoms with Crippen molar-refractivity contribution >= 4 is 33.2 Å². The highest BCUT2D eigenvalue weighted by atomic mass is 79.9. The van der Waals surface area contributed by atoms with E-state index in [-0.39, 0.29) is 15.2 Å². The van der Waals surface area contributed by atoms with Gasteiger partial charge in [0.25, 0.3) is 0 Å². The van der Waals surface area contributed by atoms with Gasteiger partial charge in [0.2, 0.25) is 0 Å². The summed E-state index contributed by atoms with van der Waals surface area (Å²) in [5.74, 6) is -1.07. The number of hydrogen-bond acceptors (Lipinski definition) is 1. The number of hydrogen-bond donors (Lipinski definition) is 0. The molecule has 0 radical (unpaired) electrons. The first-order chi connectivity index (χ1) is 7.11. The molecule has 0 saturated carbocycles. The third kappa shape index (κ3) is 1.97. The molecule has 2 rings (SSSR count). The monoisotopic (exact) mass is 295 g/mol. The maximum atomic E-state index is 13.6. The number of rotatable bonds is 1. The first-order valence-corrected chi connectivity index (χ1v) is 5.86. The zero-order valence-corrected chi connectivity index (χ0v) is 10.2. The van der Waals surface area contributed by atoms with Gasteiger partial charge >= 0.3 is 0 Å². The number of halogens is 4. The highest BCUT2D eigenvalue weighted by molar-refractivity contribution is 9.10. The molecule has 0 unspecified atom stereocenters. The predicted octanol–water partition coefficient (Wildman–Crippen LogP) is 3.98. The van der Waals surface area contributed by atoms with E-state index < -0.39 is 11.6 Å². The summed E-state index contributed by atoms with van der Waals surface area (Å²) in [5.41, 5.74) is 0.286. The molecule has 0 amide bonds. The summed E-state index contributed by atoms with van der Waals surface area (Å²) in [7, 11) is 0. The van der Waals surface area contributed by atoms with E-state index in [1.165, 1.54) is 0 Å². The van der Waals surface area contributed by atoms with Crippen molar-refractivity contribution < 1.29 is 8.78 Å². The smallest absolute Gasteiger partial charge is 0.158 e. The van der Waals surface area contributed by atoms with Crippen molar-refractivity contribution in [2.75, 3.05) is 18.0 Å². The van der Waals surface area contributed by atoms with Crippen LogP contribution in [0.15, 0.2) is 10.5 Å². The number of benzene rings is 1. The molecule has 1 heterocycles. The Morgan fingerprint density at radius 2 is 1.87 bits per heavy atom. The van der Waals surface area contributed by atoms with Crippen LogP contribution in [0.3, 0.4) is 0 Å². The van der Waals surface area contributed by atoms with E-state index in [1.54, 1.807) is 0 Å². The Balaban J connectivity index is 2.50. The Bertz CT molecular complexity index is 391. The van der Waals surface area contributed by atoms with Crippen molar-refractivity contribution in [2.24, 2.45) is 0 Å². The molecule has 1 saturated heterocycles. The third-order valence-electron chi connectivity index (χ3n) is 2.51. The van der Waals surface area contributed by atoms with E-state index in [4.69, 9.17) is 11.6 Å².